The van der Waals surface area contributed by atoms with Crippen LogP contribution in [0.1, 0.15) is 24.0 Å². The fraction of sp³-hybridized carbons (Fsp3) is 0.368. The Morgan fingerprint density at radius 2 is 2.04 bits per heavy atom. The molecule has 6 nitrogen and oxygen atoms in total. The second-order valence-electron chi connectivity index (χ2n) is 5.57. The van der Waals surface area contributed by atoms with Crippen LogP contribution in [-0.4, -0.2) is 42.9 Å². The number of rotatable bonds is 8. The predicted molar refractivity (Wildman–Crippen MR) is 99.9 cm³/mol. The van der Waals surface area contributed by atoms with Crippen molar-refractivity contribution in [2.45, 2.75) is 19.4 Å². The average molecular weight is 342 g/mol. The summed E-state index contributed by atoms with van der Waals surface area (Å²) >= 11 is 0. The summed E-state index contributed by atoms with van der Waals surface area (Å²) in [5, 5.41) is 16.2. The molecule has 1 aromatic carbocycles. The van der Waals surface area contributed by atoms with E-state index in [0.29, 0.717) is 24.9 Å². The summed E-state index contributed by atoms with van der Waals surface area (Å²) in [6.45, 7) is 3.99. The average Bonchev–Trinajstić information content (AvgIpc) is 2.67. The standard InChI is InChI=1S/C19H26N4O2/c1-3-20-19(22-12-15-9-10-21-18(11-15)25-2)23-13-17(14-24)16-7-5-4-6-8-16/h4-11,17,24H,3,12-14H2,1-2H3,(H2,20,22,23). The quantitative estimate of drug-likeness (QED) is 0.505. The molecule has 3 N–H and O–H groups in total. The van der Waals surface area contributed by atoms with Crippen LogP contribution in [0.15, 0.2) is 53.7 Å². The molecule has 0 radical (unpaired) electrons. The Bertz CT molecular complexity index is 661. The molecule has 1 aromatic heterocycles. The van der Waals surface area contributed by atoms with Crippen molar-refractivity contribution in [1.82, 2.24) is 15.6 Å². The van der Waals surface area contributed by atoms with Gasteiger partial charge in [-0.15, -0.1) is 0 Å². The van der Waals surface area contributed by atoms with Crippen LogP contribution in [-0.2, 0) is 6.54 Å². The van der Waals surface area contributed by atoms with Gasteiger partial charge in [0, 0.05) is 31.3 Å². The first kappa shape index (κ1) is 18.7. The number of aromatic nitrogens is 1. The number of aliphatic hydroxyl groups excluding tert-OH is 1. The molecule has 0 amide bonds. The van der Waals surface area contributed by atoms with Crippen LogP contribution < -0.4 is 15.4 Å². The minimum Gasteiger partial charge on any atom is -0.481 e. The first-order valence-corrected chi connectivity index (χ1v) is 8.43. The topological polar surface area (TPSA) is 78.8 Å². The maximum atomic E-state index is 9.67. The molecule has 0 spiro atoms. The monoisotopic (exact) mass is 342 g/mol. The number of ether oxygens (including phenoxy) is 1. The molecule has 0 aliphatic carbocycles. The van der Waals surface area contributed by atoms with E-state index in [9.17, 15) is 5.11 Å². The van der Waals surface area contributed by atoms with Gasteiger partial charge in [0.25, 0.3) is 0 Å². The second kappa shape index (κ2) is 10.3. The lowest BCUT2D eigenvalue weighted by Crippen LogP contribution is -2.39. The van der Waals surface area contributed by atoms with Crippen molar-refractivity contribution in [3.05, 3.63) is 59.8 Å². The molecule has 0 aliphatic rings. The summed E-state index contributed by atoms with van der Waals surface area (Å²) in [4.78, 5) is 8.68. The Morgan fingerprint density at radius 3 is 2.72 bits per heavy atom. The Balaban J connectivity index is 1.99. The summed E-state index contributed by atoms with van der Waals surface area (Å²) in [6, 6.07) is 13.8. The van der Waals surface area contributed by atoms with Crippen molar-refractivity contribution >= 4 is 5.96 Å². The molecule has 1 heterocycles. The number of methoxy groups -OCH3 is 1. The molecule has 2 aromatic rings. The fourth-order valence-corrected chi connectivity index (χ4v) is 2.41. The zero-order valence-electron chi connectivity index (χ0n) is 14.8. The van der Waals surface area contributed by atoms with Crippen molar-refractivity contribution in [2.75, 3.05) is 26.8 Å². The Morgan fingerprint density at radius 1 is 1.24 bits per heavy atom. The van der Waals surface area contributed by atoms with Gasteiger partial charge >= 0.3 is 0 Å². The number of benzene rings is 1. The largest absolute Gasteiger partial charge is 0.481 e. The third-order valence-corrected chi connectivity index (χ3v) is 3.78. The molecule has 6 heteroatoms. The molecule has 1 unspecified atom stereocenters. The first-order valence-electron chi connectivity index (χ1n) is 8.43. The number of hydrogen-bond donors (Lipinski definition) is 3. The van der Waals surface area contributed by atoms with Gasteiger partial charge in [-0.05, 0) is 24.1 Å². The van der Waals surface area contributed by atoms with Crippen molar-refractivity contribution < 1.29 is 9.84 Å². The van der Waals surface area contributed by atoms with E-state index in [1.165, 1.54) is 0 Å². The van der Waals surface area contributed by atoms with Crippen LogP contribution in [0, 0.1) is 0 Å². The van der Waals surface area contributed by atoms with E-state index in [2.05, 4.69) is 20.6 Å². The summed E-state index contributed by atoms with van der Waals surface area (Å²) in [5.41, 5.74) is 2.12. The number of nitrogens with one attached hydrogen (secondary N) is 2. The van der Waals surface area contributed by atoms with Gasteiger partial charge in [-0.1, -0.05) is 30.3 Å². The number of aliphatic hydroxyl groups is 1. The third kappa shape index (κ3) is 6.08. The SMILES string of the molecule is CCNC(=NCc1ccnc(OC)c1)NCC(CO)c1ccccc1. The van der Waals surface area contributed by atoms with E-state index in [1.807, 2.05) is 49.4 Å². The first-order chi connectivity index (χ1) is 12.3. The minimum absolute atomic E-state index is 0.0195. The molecule has 0 fully saturated rings. The number of guanidine groups is 1. The molecular weight excluding hydrogens is 316 g/mol. The number of nitrogens with zero attached hydrogens (tertiary/aromatic N) is 2. The molecule has 0 saturated heterocycles. The van der Waals surface area contributed by atoms with Crippen LogP contribution in [0.5, 0.6) is 5.88 Å². The Hall–Kier alpha value is -2.60. The van der Waals surface area contributed by atoms with E-state index >= 15 is 0 Å². The lowest BCUT2D eigenvalue weighted by Gasteiger charge is -2.18. The molecule has 0 aliphatic heterocycles. The van der Waals surface area contributed by atoms with Crippen molar-refractivity contribution in [2.24, 2.45) is 4.99 Å². The summed E-state index contributed by atoms with van der Waals surface area (Å²) < 4.78 is 5.13. The second-order valence-corrected chi connectivity index (χ2v) is 5.57. The number of hydrogen-bond acceptors (Lipinski definition) is 4. The highest BCUT2D eigenvalue weighted by Crippen LogP contribution is 2.13. The van der Waals surface area contributed by atoms with Crippen LogP contribution in [0.2, 0.25) is 0 Å². The maximum absolute atomic E-state index is 9.67. The van der Waals surface area contributed by atoms with Crippen LogP contribution >= 0.6 is 0 Å². The van der Waals surface area contributed by atoms with E-state index in [4.69, 9.17) is 4.74 Å². The van der Waals surface area contributed by atoms with Gasteiger partial charge in [0.15, 0.2) is 5.96 Å². The van der Waals surface area contributed by atoms with E-state index in [0.717, 1.165) is 17.7 Å². The summed E-state index contributed by atoms with van der Waals surface area (Å²) in [5.74, 6) is 1.31. The highest BCUT2D eigenvalue weighted by atomic mass is 16.5. The van der Waals surface area contributed by atoms with E-state index in [1.54, 1.807) is 13.3 Å². The molecule has 25 heavy (non-hydrogen) atoms. The minimum atomic E-state index is 0.0195. The number of pyridine rings is 1. The van der Waals surface area contributed by atoms with Crippen LogP contribution in [0.4, 0.5) is 0 Å². The van der Waals surface area contributed by atoms with Crippen LogP contribution in [0.25, 0.3) is 0 Å². The maximum Gasteiger partial charge on any atom is 0.213 e. The van der Waals surface area contributed by atoms with Gasteiger partial charge in [-0.2, -0.15) is 0 Å². The van der Waals surface area contributed by atoms with Crippen LogP contribution in [0.3, 0.4) is 0 Å². The van der Waals surface area contributed by atoms with Gasteiger partial charge in [0.2, 0.25) is 5.88 Å². The Labute approximate surface area is 149 Å². The number of aliphatic imine (C=N–C) groups is 1. The van der Waals surface area contributed by atoms with Gasteiger partial charge in [-0.3, -0.25) is 0 Å². The lowest BCUT2D eigenvalue weighted by atomic mass is 10.0. The zero-order valence-corrected chi connectivity index (χ0v) is 14.8. The van der Waals surface area contributed by atoms with Crippen molar-refractivity contribution in [1.29, 1.82) is 0 Å². The van der Waals surface area contributed by atoms with E-state index in [-0.39, 0.29) is 12.5 Å². The molecular formula is C19H26N4O2. The predicted octanol–water partition coefficient (Wildman–Crippen LogP) is 1.92. The third-order valence-electron chi connectivity index (χ3n) is 3.78. The molecule has 2 rings (SSSR count). The summed E-state index contributed by atoms with van der Waals surface area (Å²) in [7, 11) is 1.60. The smallest absolute Gasteiger partial charge is 0.213 e. The Kier molecular flexibility index (Phi) is 7.72. The molecule has 0 bridgehead atoms. The van der Waals surface area contributed by atoms with Gasteiger partial charge in [0.05, 0.1) is 20.3 Å². The summed E-state index contributed by atoms with van der Waals surface area (Å²) in [6.07, 6.45) is 1.71. The lowest BCUT2D eigenvalue weighted by molar-refractivity contribution is 0.265. The fourth-order valence-electron chi connectivity index (χ4n) is 2.41. The molecule has 134 valence electrons. The normalized spacial score (nSPS) is 12.5. The van der Waals surface area contributed by atoms with Gasteiger partial charge in [0.1, 0.15) is 0 Å². The highest BCUT2D eigenvalue weighted by molar-refractivity contribution is 5.79. The molecule has 0 saturated carbocycles. The van der Waals surface area contributed by atoms with Crippen molar-refractivity contribution in [3.8, 4) is 5.88 Å². The van der Waals surface area contributed by atoms with Crippen molar-refractivity contribution in [3.63, 3.8) is 0 Å². The molecule has 1 atom stereocenters. The van der Waals surface area contributed by atoms with Gasteiger partial charge < -0.3 is 20.5 Å². The highest BCUT2D eigenvalue weighted by Gasteiger charge is 2.10. The van der Waals surface area contributed by atoms with E-state index < -0.39 is 0 Å². The zero-order chi connectivity index (χ0) is 17.9. The van der Waals surface area contributed by atoms with Gasteiger partial charge in [-0.25, -0.2) is 9.98 Å².